The largest absolute Gasteiger partial charge is 0.493 e. The molecule has 2 amide bonds. The topological polar surface area (TPSA) is 68.3 Å². The maximum absolute atomic E-state index is 13.1. The lowest BCUT2D eigenvalue weighted by Crippen LogP contribution is -2.52. The van der Waals surface area contributed by atoms with Gasteiger partial charge in [0.2, 0.25) is 11.8 Å². The lowest BCUT2D eigenvalue weighted by molar-refractivity contribution is -0.146. The molecule has 0 aromatic heterocycles. The van der Waals surface area contributed by atoms with Crippen LogP contribution in [0.4, 0.5) is 0 Å². The molecule has 0 radical (unpaired) electrons. The molecule has 1 unspecified atom stereocenters. The summed E-state index contributed by atoms with van der Waals surface area (Å²) < 4.78 is 16.8. The van der Waals surface area contributed by atoms with Crippen LogP contribution in [0.5, 0.6) is 5.75 Å². The molecule has 2 aliphatic rings. The number of likely N-dealkylation sites (tertiary alicyclic amines) is 1. The lowest BCUT2D eigenvalue weighted by atomic mass is 9.77. The second kappa shape index (κ2) is 11.0. The molecule has 8 heteroatoms. The lowest BCUT2D eigenvalue weighted by Gasteiger charge is -2.43. The highest BCUT2D eigenvalue weighted by Crippen LogP contribution is 2.35. The van der Waals surface area contributed by atoms with Gasteiger partial charge in [-0.1, -0.05) is 17.7 Å². The minimum absolute atomic E-state index is 0.0393. The van der Waals surface area contributed by atoms with Crippen LogP contribution in [0.15, 0.2) is 24.3 Å². The zero-order valence-electron chi connectivity index (χ0n) is 17.6. The minimum atomic E-state index is -0.447. The smallest absolute Gasteiger partial charge is 0.248 e. The van der Waals surface area contributed by atoms with Gasteiger partial charge in [-0.05, 0) is 38.0 Å². The van der Waals surface area contributed by atoms with Gasteiger partial charge in [0.1, 0.15) is 12.4 Å². The van der Waals surface area contributed by atoms with Crippen molar-refractivity contribution >= 4 is 23.4 Å². The Morgan fingerprint density at radius 3 is 2.70 bits per heavy atom. The fourth-order valence-electron chi connectivity index (χ4n) is 4.05. The first-order chi connectivity index (χ1) is 14.5. The summed E-state index contributed by atoms with van der Waals surface area (Å²) in [6.07, 6.45) is 1.99. The third kappa shape index (κ3) is 6.33. The summed E-state index contributed by atoms with van der Waals surface area (Å²) in [5, 5.41) is 0.600. The van der Waals surface area contributed by atoms with E-state index in [0.29, 0.717) is 69.8 Å². The number of carbonyl (C=O) groups excluding carboxylic acids is 2. The number of hydrogen-bond acceptors (Lipinski definition) is 5. The molecule has 166 valence electrons. The molecule has 2 heterocycles. The van der Waals surface area contributed by atoms with Gasteiger partial charge in [0.05, 0.1) is 19.8 Å². The highest BCUT2D eigenvalue weighted by molar-refractivity contribution is 6.30. The molecular weight excluding hydrogens is 408 g/mol. The van der Waals surface area contributed by atoms with E-state index in [1.54, 1.807) is 12.1 Å². The Morgan fingerprint density at radius 1 is 1.17 bits per heavy atom. The first kappa shape index (κ1) is 22.8. The van der Waals surface area contributed by atoms with Gasteiger partial charge in [-0.25, -0.2) is 0 Å². The summed E-state index contributed by atoms with van der Waals surface area (Å²) in [6.45, 7) is 6.29. The van der Waals surface area contributed by atoms with Crippen molar-refractivity contribution in [2.45, 2.75) is 26.2 Å². The summed E-state index contributed by atoms with van der Waals surface area (Å²) in [7, 11) is 0. The van der Waals surface area contributed by atoms with Crippen molar-refractivity contribution in [2.75, 3.05) is 59.2 Å². The van der Waals surface area contributed by atoms with Gasteiger partial charge >= 0.3 is 0 Å². The number of nitrogens with zero attached hydrogens (tertiary/aromatic N) is 2. The Bertz CT molecular complexity index is 725. The number of benzene rings is 1. The fourth-order valence-corrected chi connectivity index (χ4v) is 4.23. The van der Waals surface area contributed by atoms with Gasteiger partial charge in [0.25, 0.3) is 0 Å². The highest BCUT2D eigenvalue weighted by Gasteiger charge is 2.41. The number of piperidine rings is 1. The molecule has 1 atom stereocenters. The quantitative estimate of drug-likeness (QED) is 0.624. The van der Waals surface area contributed by atoms with E-state index in [2.05, 4.69) is 0 Å². The Labute approximate surface area is 183 Å². The summed E-state index contributed by atoms with van der Waals surface area (Å²) in [4.78, 5) is 29.3. The standard InChI is InChI=1S/C22H31ClN2O5/c1-2-28-15-21(27)25-8-4-7-22(16-25,14-20(26)24-9-11-29-12-10-24)17-30-19-6-3-5-18(23)13-19/h3,5-6,13H,2,4,7-12,14-17H2,1H3. The van der Waals surface area contributed by atoms with Gasteiger partial charge in [-0.3, -0.25) is 9.59 Å². The zero-order chi connectivity index (χ0) is 21.4. The van der Waals surface area contributed by atoms with Crippen molar-refractivity contribution in [1.82, 2.24) is 9.80 Å². The van der Waals surface area contributed by atoms with Crippen LogP contribution in [0.25, 0.3) is 0 Å². The van der Waals surface area contributed by atoms with E-state index in [9.17, 15) is 9.59 Å². The third-order valence-corrected chi connectivity index (χ3v) is 5.91. The van der Waals surface area contributed by atoms with Crippen LogP contribution in [0, 0.1) is 5.41 Å². The maximum atomic E-state index is 13.1. The predicted molar refractivity (Wildman–Crippen MR) is 114 cm³/mol. The maximum Gasteiger partial charge on any atom is 0.248 e. The SMILES string of the molecule is CCOCC(=O)N1CCCC(COc2cccc(Cl)c2)(CC(=O)N2CCOCC2)C1. The molecule has 2 saturated heterocycles. The molecule has 0 N–H and O–H groups in total. The number of hydrogen-bond donors (Lipinski definition) is 0. The summed E-state index contributed by atoms with van der Waals surface area (Å²) in [5.74, 6) is 0.716. The fraction of sp³-hybridized carbons (Fsp3) is 0.636. The first-order valence-corrected chi connectivity index (χ1v) is 11.0. The minimum Gasteiger partial charge on any atom is -0.493 e. The molecule has 7 nitrogen and oxygen atoms in total. The van der Waals surface area contributed by atoms with Gasteiger partial charge in [-0.2, -0.15) is 0 Å². The van der Waals surface area contributed by atoms with Gasteiger partial charge in [0, 0.05) is 49.6 Å². The van der Waals surface area contributed by atoms with Crippen molar-refractivity contribution in [1.29, 1.82) is 0 Å². The second-order valence-corrected chi connectivity index (χ2v) is 8.41. The van der Waals surface area contributed by atoms with Crippen molar-refractivity contribution in [3.05, 3.63) is 29.3 Å². The highest BCUT2D eigenvalue weighted by atomic mass is 35.5. The number of ether oxygens (including phenoxy) is 3. The average Bonchev–Trinajstić information content (AvgIpc) is 2.77. The van der Waals surface area contributed by atoms with E-state index < -0.39 is 5.41 Å². The first-order valence-electron chi connectivity index (χ1n) is 10.6. The Morgan fingerprint density at radius 2 is 1.97 bits per heavy atom. The average molecular weight is 439 g/mol. The van der Waals surface area contributed by atoms with Gasteiger partial charge in [-0.15, -0.1) is 0 Å². The molecule has 30 heavy (non-hydrogen) atoms. The van der Waals surface area contributed by atoms with Crippen LogP contribution in [-0.2, 0) is 19.1 Å². The van der Waals surface area contributed by atoms with E-state index in [-0.39, 0.29) is 18.4 Å². The summed E-state index contributed by atoms with van der Waals surface area (Å²) in [6, 6.07) is 7.24. The summed E-state index contributed by atoms with van der Waals surface area (Å²) in [5.41, 5.74) is -0.447. The van der Waals surface area contributed by atoms with E-state index in [1.165, 1.54) is 0 Å². The van der Waals surface area contributed by atoms with E-state index in [0.717, 1.165) is 12.8 Å². The Hall–Kier alpha value is -1.83. The van der Waals surface area contributed by atoms with Crippen LogP contribution in [-0.4, -0.2) is 80.8 Å². The summed E-state index contributed by atoms with van der Waals surface area (Å²) >= 11 is 6.08. The van der Waals surface area contributed by atoms with Crippen molar-refractivity contribution < 1.29 is 23.8 Å². The Kier molecular flexibility index (Phi) is 8.36. The van der Waals surface area contributed by atoms with Crippen LogP contribution in [0.1, 0.15) is 26.2 Å². The molecule has 0 spiro atoms. The van der Waals surface area contributed by atoms with Gasteiger partial charge in [0.15, 0.2) is 0 Å². The third-order valence-electron chi connectivity index (χ3n) is 5.67. The van der Waals surface area contributed by atoms with Crippen molar-refractivity contribution in [2.24, 2.45) is 5.41 Å². The number of rotatable bonds is 8. The molecule has 1 aromatic carbocycles. The number of amides is 2. The number of morpholine rings is 1. The van der Waals surface area contributed by atoms with Crippen molar-refractivity contribution in [3.63, 3.8) is 0 Å². The molecule has 0 aliphatic carbocycles. The normalized spacial score (nSPS) is 22.1. The molecule has 0 bridgehead atoms. The number of carbonyl (C=O) groups is 2. The van der Waals surface area contributed by atoms with Gasteiger partial charge < -0.3 is 24.0 Å². The molecule has 1 aromatic rings. The molecule has 2 fully saturated rings. The molecule has 2 aliphatic heterocycles. The van der Waals surface area contributed by atoms with Crippen LogP contribution in [0.2, 0.25) is 5.02 Å². The second-order valence-electron chi connectivity index (χ2n) is 7.97. The van der Waals surface area contributed by atoms with E-state index in [1.807, 2.05) is 28.9 Å². The Balaban J connectivity index is 1.72. The van der Waals surface area contributed by atoms with Crippen LogP contribution >= 0.6 is 11.6 Å². The van der Waals surface area contributed by atoms with E-state index >= 15 is 0 Å². The number of halogens is 1. The monoisotopic (exact) mass is 438 g/mol. The zero-order valence-corrected chi connectivity index (χ0v) is 18.4. The molecule has 0 saturated carbocycles. The van der Waals surface area contributed by atoms with Crippen LogP contribution in [0.3, 0.4) is 0 Å². The van der Waals surface area contributed by atoms with Crippen LogP contribution < -0.4 is 4.74 Å². The molecular formula is C22H31ClN2O5. The van der Waals surface area contributed by atoms with Crippen molar-refractivity contribution in [3.8, 4) is 5.75 Å². The molecule has 3 rings (SSSR count). The predicted octanol–water partition coefficient (Wildman–Crippen LogP) is 2.61. The van der Waals surface area contributed by atoms with E-state index in [4.69, 9.17) is 25.8 Å².